The van der Waals surface area contributed by atoms with E-state index in [4.69, 9.17) is 5.73 Å². The summed E-state index contributed by atoms with van der Waals surface area (Å²) in [5, 5.41) is 0. The van der Waals surface area contributed by atoms with Gasteiger partial charge < -0.3 is 10.5 Å². The molecular formula is C10H15NO2. The summed E-state index contributed by atoms with van der Waals surface area (Å²) < 4.78 is 4.50. The van der Waals surface area contributed by atoms with E-state index < -0.39 is 0 Å². The molecule has 3 heteroatoms. The topological polar surface area (TPSA) is 52.3 Å². The van der Waals surface area contributed by atoms with Gasteiger partial charge in [-0.05, 0) is 24.3 Å². The van der Waals surface area contributed by atoms with Crippen LogP contribution in [0.1, 0.15) is 24.2 Å². The molecule has 0 bridgehead atoms. The number of ether oxygens (including phenoxy) is 1. The summed E-state index contributed by atoms with van der Waals surface area (Å²) in [6.45, 7) is 4.00. The van der Waals surface area contributed by atoms with Crippen LogP contribution >= 0.6 is 0 Å². The van der Waals surface area contributed by atoms with Gasteiger partial charge in [0, 0.05) is 5.69 Å². The Kier molecular flexibility index (Phi) is 5.35. The molecule has 1 rings (SSSR count). The first kappa shape index (κ1) is 11.5. The molecule has 0 saturated heterocycles. The summed E-state index contributed by atoms with van der Waals surface area (Å²) >= 11 is 0. The number of nitrogens with two attached hydrogens (primary N) is 1. The van der Waals surface area contributed by atoms with Crippen molar-refractivity contribution < 1.29 is 9.53 Å². The number of methoxy groups -OCH3 is 1. The van der Waals surface area contributed by atoms with Gasteiger partial charge in [-0.15, -0.1) is 0 Å². The van der Waals surface area contributed by atoms with Crippen molar-refractivity contribution in [1.29, 1.82) is 0 Å². The van der Waals surface area contributed by atoms with E-state index >= 15 is 0 Å². The standard InChI is InChI=1S/C8H9NO2.C2H6/c1-11-8(10)6-2-4-7(9)5-3-6;1-2/h2-5H,9H2,1H3;1-2H3. The highest BCUT2D eigenvalue weighted by Gasteiger charge is 2.02. The Morgan fingerprint density at radius 2 is 1.69 bits per heavy atom. The maximum atomic E-state index is 10.9. The molecule has 0 fully saturated rings. The SMILES string of the molecule is CC.COC(=O)c1ccc(N)cc1. The molecule has 0 unspecified atom stereocenters. The summed E-state index contributed by atoms with van der Waals surface area (Å²) in [7, 11) is 1.35. The van der Waals surface area contributed by atoms with E-state index in [1.165, 1.54) is 7.11 Å². The van der Waals surface area contributed by atoms with Gasteiger partial charge in [0.1, 0.15) is 0 Å². The Bertz CT molecular complexity index is 254. The van der Waals surface area contributed by atoms with Gasteiger partial charge in [0.05, 0.1) is 12.7 Å². The fraction of sp³-hybridized carbons (Fsp3) is 0.300. The van der Waals surface area contributed by atoms with E-state index in [0.29, 0.717) is 11.3 Å². The highest BCUT2D eigenvalue weighted by Crippen LogP contribution is 2.05. The zero-order valence-electron chi connectivity index (χ0n) is 8.20. The van der Waals surface area contributed by atoms with Gasteiger partial charge in [-0.2, -0.15) is 0 Å². The fourth-order valence-electron chi connectivity index (χ4n) is 0.737. The number of carbonyl (C=O) groups excluding carboxylic acids is 1. The lowest BCUT2D eigenvalue weighted by Crippen LogP contribution is -2.00. The fourth-order valence-corrected chi connectivity index (χ4v) is 0.737. The highest BCUT2D eigenvalue weighted by atomic mass is 16.5. The van der Waals surface area contributed by atoms with Crippen LogP contribution in [0.3, 0.4) is 0 Å². The number of rotatable bonds is 1. The molecule has 0 amide bonds. The summed E-state index contributed by atoms with van der Waals surface area (Å²) in [4.78, 5) is 10.9. The van der Waals surface area contributed by atoms with Crippen LogP contribution < -0.4 is 5.73 Å². The second-order valence-corrected chi connectivity index (χ2v) is 2.11. The van der Waals surface area contributed by atoms with Crippen LogP contribution in [-0.2, 0) is 4.74 Å². The number of nitrogen functional groups attached to an aromatic ring is 1. The van der Waals surface area contributed by atoms with E-state index in [0.717, 1.165) is 0 Å². The van der Waals surface area contributed by atoms with Gasteiger partial charge in [0.15, 0.2) is 0 Å². The maximum Gasteiger partial charge on any atom is 0.337 e. The van der Waals surface area contributed by atoms with Crippen molar-refractivity contribution in [3.8, 4) is 0 Å². The Hall–Kier alpha value is -1.51. The predicted molar refractivity (Wildman–Crippen MR) is 53.5 cm³/mol. The predicted octanol–water partition coefficient (Wildman–Crippen LogP) is 2.08. The third-order valence-corrected chi connectivity index (χ3v) is 1.33. The van der Waals surface area contributed by atoms with Gasteiger partial charge in [-0.25, -0.2) is 4.79 Å². The molecule has 0 aliphatic heterocycles. The average Bonchev–Trinajstić information content (AvgIpc) is 2.21. The molecule has 0 aromatic heterocycles. The van der Waals surface area contributed by atoms with Crippen molar-refractivity contribution in [3.63, 3.8) is 0 Å². The number of hydrogen-bond acceptors (Lipinski definition) is 3. The molecule has 72 valence electrons. The monoisotopic (exact) mass is 181 g/mol. The maximum absolute atomic E-state index is 10.9. The van der Waals surface area contributed by atoms with Crippen LogP contribution in [0.2, 0.25) is 0 Å². The summed E-state index contributed by atoms with van der Waals surface area (Å²) in [6, 6.07) is 6.57. The zero-order chi connectivity index (χ0) is 10.3. The van der Waals surface area contributed by atoms with Gasteiger partial charge >= 0.3 is 5.97 Å². The van der Waals surface area contributed by atoms with Crippen LogP contribution in [-0.4, -0.2) is 13.1 Å². The van der Waals surface area contributed by atoms with Gasteiger partial charge in [0.25, 0.3) is 0 Å². The first-order valence-corrected chi connectivity index (χ1v) is 4.18. The van der Waals surface area contributed by atoms with E-state index in [2.05, 4.69) is 4.74 Å². The van der Waals surface area contributed by atoms with Crippen molar-refractivity contribution in [3.05, 3.63) is 29.8 Å². The molecule has 0 aliphatic rings. The molecule has 0 radical (unpaired) electrons. The number of esters is 1. The normalized spacial score (nSPS) is 8.23. The van der Waals surface area contributed by atoms with E-state index in [1.807, 2.05) is 13.8 Å². The quantitative estimate of drug-likeness (QED) is 0.533. The lowest BCUT2D eigenvalue weighted by molar-refractivity contribution is 0.0601. The molecule has 1 aromatic rings. The Morgan fingerprint density at radius 3 is 2.08 bits per heavy atom. The lowest BCUT2D eigenvalue weighted by atomic mass is 10.2. The number of anilines is 1. The molecule has 0 heterocycles. The molecule has 1 aromatic carbocycles. The van der Waals surface area contributed by atoms with Gasteiger partial charge in [-0.1, -0.05) is 13.8 Å². The van der Waals surface area contributed by atoms with E-state index in [9.17, 15) is 4.79 Å². The van der Waals surface area contributed by atoms with Crippen LogP contribution in [0.15, 0.2) is 24.3 Å². The minimum absolute atomic E-state index is 0.343. The van der Waals surface area contributed by atoms with Crippen LogP contribution in [0.4, 0.5) is 5.69 Å². The van der Waals surface area contributed by atoms with Crippen LogP contribution in [0.25, 0.3) is 0 Å². The summed E-state index contributed by atoms with van der Waals surface area (Å²) in [5.74, 6) is -0.343. The second-order valence-electron chi connectivity index (χ2n) is 2.11. The van der Waals surface area contributed by atoms with Crippen molar-refractivity contribution in [2.75, 3.05) is 12.8 Å². The average molecular weight is 181 g/mol. The number of hydrogen-bond donors (Lipinski definition) is 1. The molecule has 0 spiro atoms. The minimum Gasteiger partial charge on any atom is -0.465 e. The van der Waals surface area contributed by atoms with Crippen molar-refractivity contribution in [2.24, 2.45) is 0 Å². The number of benzene rings is 1. The Balaban J connectivity index is 0.000000671. The molecular weight excluding hydrogens is 166 g/mol. The molecule has 3 nitrogen and oxygen atoms in total. The molecule has 0 aliphatic carbocycles. The Labute approximate surface area is 78.5 Å². The first-order chi connectivity index (χ1) is 6.24. The summed E-state index contributed by atoms with van der Waals surface area (Å²) in [5.41, 5.74) is 6.57. The molecule has 13 heavy (non-hydrogen) atoms. The Morgan fingerprint density at radius 1 is 1.23 bits per heavy atom. The second kappa shape index (κ2) is 6.06. The van der Waals surface area contributed by atoms with Crippen molar-refractivity contribution in [2.45, 2.75) is 13.8 Å². The van der Waals surface area contributed by atoms with Crippen molar-refractivity contribution >= 4 is 11.7 Å². The van der Waals surface area contributed by atoms with Crippen molar-refractivity contribution in [1.82, 2.24) is 0 Å². The molecule has 2 N–H and O–H groups in total. The van der Waals surface area contributed by atoms with E-state index in [-0.39, 0.29) is 5.97 Å². The van der Waals surface area contributed by atoms with Crippen LogP contribution in [0, 0.1) is 0 Å². The van der Waals surface area contributed by atoms with Crippen LogP contribution in [0.5, 0.6) is 0 Å². The molecule has 0 atom stereocenters. The number of carbonyl (C=O) groups is 1. The van der Waals surface area contributed by atoms with Gasteiger partial charge in [0.2, 0.25) is 0 Å². The van der Waals surface area contributed by atoms with E-state index in [1.54, 1.807) is 24.3 Å². The zero-order valence-corrected chi connectivity index (χ0v) is 8.20. The first-order valence-electron chi connectivity index (χ1n) is 4.18. The molecule has 0 saturated carbocycles. The highest BCUT2D eigenvalue weighted by molar-refractivity contribution is 5.89. The largest absolute Gasteiger partial charge is 0.465 e. The third kappa shape index (κ3) is 3.60. The third-order valence-electron chi connectivity index (χ3n) is 1.33. The lowest BCUT2D eigenvalue weighted by Gasteiger charge is -1.97. The van der Waals surface area contributed by atoms with Gasteiger partial charge in [-0.3, -0.25) is 0 Å². The minimum atomic E-state index is -0.343. The summed E-state index contributed by atoms with van der Waals surface area (Å²) in [6.07, 6.45) is 0. The smallest absolute Gasteiger partial charge is 0.337 e.